The van der Waals surface area contributed by atoms with Gasteiger partial charge in [-0.15, -0.1) is 0 Å². The number of ketones is 2. The predicted molar refractivity (Wildman–Crippen MR) is 116 cm³/mol. The van der Waals surface area contributed by atoms with E-state index in [0.717, 1.165) is 5.57 Å². The minimum absolute atomic E-state index is 0.00907. The number of hydrogen-bond donors (Lipinski definition) is 1. The lowest BCUT2D eigenvalue weighted by atomic mass is 9.61. The first-order chi connectivity index (χ1) is 14.2. The molecule has 0 aromatic carbocycles. The van der Waals surface area contributed by atoms with E-state index >= 15 is 0 Å². The van der Waals surface area contributed by atoms with Crippen molar-refractivity contribution < 1.29 is 29.0 Å². The van der Waals surface area contributed by atoms with Crippen molar-refractivity contribution in [3.63, 3.8) is 0 Å². The van der Waals surface area contributed by atoms with E-state index in [1.165, 1.54) is 0 Å². The Morgan fingerprint density at radius 1 is 1.29 bits per heavy atom. The van der Waals surface area contributed by atoms with Gasteiger partial charge in [0.1, 0.15) is 5.60 Å². The molecule has 3 rings (SSSR count). The van der Waals surface area contributed by atoms with Gasteiger partial charge in [0, 0.05) is 11.5 Å². The fourth-order valence-corrected chi connectivity index (χ4v) is 4.85. The SMILES string of the molecule is CC(C)=CCC1=C(OC(=O)C(C)C)C(=O)C2=C(C1=O)[C@@H]1C[C@](C)(CC[C@@H]1C(C)(C)O)O2. The Labute approximate surface area is 184 Å². The van der Waals surface area contributed by atoms with Crippen LogP contribution in [0.3, 0.4) is 0 Å². The van der Waals surface area contributed by atoms with Crippen molar-refractivity contribution in [2.24, 2.45) is 17.8 Å². The van der Waals surface area contributed by atoms with E-state index in [2.05, 4.69) is 0 Å². The van der Waals surface area contributed by atoms with E-state index in [9.17, 15) is 19.5 Å². The summed E-state index contributed by atoms with van der Waals surface area (Å²) in [5.41, 5.74) is -0.0892. The molecule has 1 heterocycles. The molecule has 170 valence electrons. The van der Waals surface area contributed by atoms with Gasteiger partial charge in [0.2, 0.25) is 0 Å². The highest BCUT2D eigenvalue weighted by Crippen LogP contribution is 2.53. The van der Waals surface area contributed by atoms with Crippen LogP contribution in [-0.2, 0) is 23.9 Å². The number of Topliss-reactive ketones (excluding diaryl/α,β-unsaturated/α-hetero) is 2. The molecule has 2 aliphatic carbocycles. The Balaban J connectivity index is 2.13. The molecule has 0 unspecified atom stereocenters. The number of hydrogen-bond acceptors (Lipinski definition) is 6. The summed E-state index contributed by atoms with van der Waals surface area (Å²) in [5.74, 6) is -2.56. The molecule has 3 aliphatic rings. The van der Waals surface area contributed by atoms with Crippen molar-refractivity contribution in [1.29, 1.82) is 0 Å². The van der Waals surface area contributed by atoms with Gasteiger partial charge in [-0.2, -0.15) is 0 Å². The highest BCUT2D eigenvalue weighted by molar-refractivity contribution is 6.24. The first kappa shape index (κ1) is 23.5. The number of carbonyl (C=O) groups excluding carboxylic acids is 3. The topological polar surface area (TPSA) is 89.9 Å². The molecule has 1 saturated carbocycles. The van der Waals surface area contributed by atoms with E-state index in [1.807, 2.05) is 26.8 Å². The summed E-state index contributed by atoms with van der Waals surface area (Å²) in [7, 11) is 0. The van der Waals surface area contributed by atoms with E-state index in [-0.39, 0.29) is 41.1 Å². The first-order valence-electron chi connectivity index (χ1n) is 11.1. The second kappa shape index (κ2) is 8.05. The Bertz CT molecular complexity index is 907. The van der Waals surface area contributed by atoms with Crippen molar-refractivity contribution in [1.82, 2.24) is 0 Å². The number of ether oxygens (including phenoxy) is 2. The van der Waals surface area contributed by atoms with Gasteiger partial charge in [0.25, 0.3) is 5.78 Å². The van der Waals surface area contributed by atoms with Gasteiger partial charge in [-0.25, -0.2) is 0 Å². The summed E-state index contributed by atoms with van der Waals surface area (Å²) >= 11 is 0. The number of esters is 1. The van der Waals surface area contributed by atoms with Crippen LogP contribution in [0.15, 0.2) is 34.3 Å². The lowest BCUT2D eigenvalue weighted by molar-refractivity contribution is -0.149. The Morgan fingerprint density at radius 2 is 1.94 bits per heavy atom. The van der Waals surface area contributed by atoms with E-state index in [1.54, 1.807) is 27.7 Å². The lowest BCUT2D eigenvalue weighted by Gasteiger charge is -2.51. The zero-order chi connectivity index (χ0) is 23.3. The summed E-state index contributed by atoms with van der Waals surface area (Å²) in [6.45, 7) is 12.6. The van der Waals surface area contributed by atoms with Crippen LogP contribution >= 0.6 is 0 Å². The number of allylic oxidation sites excluding steroid dienone is 4. The van der Waals surface area contributed by atoms with Crippen LogP contribution in [0.2, 0.25) is 0 Å². The second-order valence-electron chi connectivity index (χ2n) is 10.4. The van der Waals surface area contributed by atoms with Gasteiger partial charge in [0.15, 0.2) is 17.3 Å². The van der Waals surface area contributed by atoms with Crippen LogP contribution in [-0.4, -0.2) is 33.8 Å². The van der Waals surface area contributed by atoms with Crippen LogP contribution < -0.4 is 0 Å². The average Bonchev–Trinajstić information content (AvgIpc) is 2.63. The zero-order valence-corrected chi connectivity index (χ0v) is 19.6. The maximum absolute atomic E-state index is 13.7. The summed E-state index contributed by atoms with van der Waals surface area (Å²) in [4.78, 5) is 39.5. The molecule has 6 nitrogen and oxygen atoms in total. The molecule has 1 aliphatic heterocycles. The molecule has 2 bridgehead atoms. The number of carbonyl (C=O) groups is 3. The predicted octanol–water partition coefficient (Wildman–Crippen LogP) is 4.18. The number of rotatable bonds is 5. The van der Waals surface area contributed by atoms with Crippen molar-refractivity contribution >= 4 is 17.5 Å². The van der Waals surface area contributed by atoms with Crippen molar-refractivity contribution in [2.45, 2.75) is 85.4 Å². The Kier molecular flexibility index (Phi) is 6.09. The van der Waals surface area contributed by atoms with Crippen LogP contribution in [0.4, 0.5) is 0 Å². The second-order valence-corrected chi connectivity index (χ2v) is 10.4. The minimum Gasteiger partial charge on any atom is -0.483 e. The standard InChI is InChI=1S/C25H34O6/c1-13(2)8-9-15-19(26)18-16-12-25(7,11-10-17(16)24(5,6)29)31-22(18)20(27)21(15)30-23(28)14(3)4/h8,14,16-17,29H,9-12H2,1-7H3/t16-,17+,25+/m1/s1. The first-order valence-corrected chi connectivity index (χ1v) is 11.1. The number of fused-ring (bicyclic) bond motifs is 3. The average molecular weight is 431 g/mol. The molecule has 0 saturated heterocycles. The Hall–Kier alpha value is -2.21. The van der Waals surface area contributed by atoms with E-state index in [0.29, 0.717) is 24.8 Å². The third kappa shape index (κ3) is 4.40. The molecule has 1 N–H and O–H groups in total. The quantitative estimate of drug-likeness (QED) is 0.400. The van der Waals surface area contributed by atoms with Crippen molar-refractivity contribution in [3.05, 3.63) is 34.3 Å². The van der Waals surface area contributed by atoms with E-state index in [4.69, 9.17) is 9.47 Å². The highest BCUT2D eigenvalue weighted by Gasteiger charge is 2.55. The van der Waals surface area contributed by atoms with Gasteiger partial charge in [-0.1, -0.05) is 25.5 Å². The Morgan fingerprint density at radius 3 is 2.48 bits per heavy atom. The van der Waals surface area contributed by atoms with Crippen molar-refractivity contribution in [2.75, 3.05) is 0 Å². The molecule has 0 spiro atoms. The molecule has 0 radical (unpaired) electrons. The van der Waals surface area contributed by atoms with Gasteiger partial charge < -0.3 is 14.6 Å². The fourth-order valence-electron chi connectivity index (χ4n) is 4.85. The molecule has 0 amide bonds. The van der Waals surface area contributed by atoms with Crippen LogP contribution in [0.25, 0.3) is 0 Å². The summed E-state index contributed by atoms with van der Waals surface area (Å²) in [6, 6.07) is 0. The summed E-state index contributed by atoms with van der Waals surface area (Å²) < 4.78 is 11.6. The highest BCUT2D eigenvalue weighted by atomic mass is 16.5. The van der Waals surface area contributed by atoms with Crippen LogP contribution in [0.5, 0.6) is 0 Å². The third-order valence-corrected chi connectivity index (χ3v) is 6.59. The summed E-state index contributed by atoms with van der Waals surface area (Å²) in [5, 5.41) is 10.8. The van der Waals surface area contributed by atoms with Crippen molar-refractivity contribution in [3.8, 4) is 0 Å². The molecule has 1 fully saturated rings. The molecule has 0 aromatic rings. The van der Waals surface area contributed by atoms with Crippen LogP contribution in [0.1, 0.15) is 74.1 Å². The molecule has 3 atom stereocenters. The molecular formula is C25H34O6. The zero-order valence-electron chi connectivity index (χ0n) is 19.6. The maximum atomic E-state index is 13.7. The lowest BCUT2D eigenvalue weighted by Crippen LogP contribution is -2.52. The smallest absolute Gasteiger partial charge is 0.313 e. The van der Waals surface area contributed by atoms with Gasteiger partial charge in [0.05, 0.1) is 17.1 Å². The van der Waals surface area contributed by atoms with Gasteiger partial charge in [-0.05, 0) is 66.2 Å². The molecular weight excluding hydrogens is 396 g/mol. The maximum Gasteiger partial charge on any atom is 0.313 e. The molecule has 6 heteroatoms. The third-order valence-electron chi connectivity index (χ3n) is 6.59. The molecule has 31 heavy (non-hydrogen) atoms. The number of aliphatic hydroxyl groups is 1. The normalized spacial score (nSPS) is 28.4. The van der Waals surface area contributed by atoms with Gasteiger partial charge >= 0.3 is 5.97 Å². The monoisotopic (exact) mass is 430 g/mol. The summed E-state index contributed by atoms with van der Waals surface area (Å²) in [6.07, 6.45) is 3.98. The molecule has 0 aromatic heterocycles. The van der Waals surface area contributed by atoms with Crippen LogP contribution in [0, 0.1) is 17.8 Å². The fraction of sp³-hybridized carbons (Fsp3) is 0.640. The van der Waals surface area contributed by atoms with E-state index < -0.39 is 28.9 Å². The minimum atomic E-state index is -1.00. The largest absolute Gasteiger partial charge is 0.483 e. The van der Waals surface area contributed by atoms with Gasteiger partial charge in [-0.3, -0.25) is 14.4 Å².